The maximum Gasteiger partial charge on any atom is 0.320 e. The van der Waals surface area contributed by atoms with E-state index < -0.39 is 18.1 Å². The molecule has 1 fully saturated rings. The summed E-state index contributed by atoms with van der Waals surface area (Å²) in [6, 6.07) is 3.67. The van der Waals surface area contributed by atoms with Gasteiger partial charge in [0.05, 0.1) is 6.10 Å². The van der Waals surface area contributed by atoms with E-state index in [-0.39, 0.29) is 0 Å². The summed E-state index contributed by atoms with van der Waals surface area (Å²) < 4.78 is 0. The van der Waals surface area contributed by atoms with Gasteiger partial charge in [-0.25, -0.2) is 0 Å². The van der Waals surface area contributed by atoms with Crippen molar-refractivity contribution in [2.45, 2.75) is 45.8 Å². The number of aliphatic carboxylic acids is 1. The molecule has 1 heterocycles. The molecule has 4 heteroatoms. The van der Waals surface area contributed by atoms with Gasteiger partial charge in [0.15, 0.2) is 0 Å². The Morgan fingerprint density at radius 3 is 2.50 bits per heavy atom. The van der Waals surface area contributed by atoms with Gasteiger partial charge >= 0.3 is 5.97 Å². The third-order valence-corrected chi connectivity index (χ3v) is 4.13. The quantitative estimate of drug-likeness (QED) is 0.885. The van der Waals surface area contributed by atoms with Crippen LogP contribution in [0, 0.1) is 20.8 Å². The van der Waals surface area contributed by atoms with E-state index in [1.54, 1.807) is 0 Å². The lowest BCUT2D eigenvalue weighted by Gasteiger charge is -2.26. The molecule has 2 N–H and O–H groups in total. The zero-order valence-corrected chi connectivity index (χ0v) is 12.4. The molecule has 2 unspecified atom stereocenters. The van der Waals surface area contributed by atoms with E-state index in [2.05, 4.69) is 12.1 Å². The summed E-state index contributed by atoms with van der Waals surface area (Å²) in [4.78, 5) is 13.1. The number of hydrogen-bond acceptors (Lipinski definition) is 3. The number of aliphatic hydroxyl groups is 1. The summed E-state index contributed by atoms with van der Waals surface area (Å²) in [6.07, 6.45) is 0.930. The maximum atomic E-state index is 11.2. The molecule has 2 atom stereocenters. The summed E-state index contributed by atoms with van der Waals surface area (Å²) in [5.41, 5.74) is 4.26. The zero-order valence-electron chi connectivity index (χ0n) is 12.4. The maximum absolute atomic E-state index is 11.2. The largest absolute Gasteiger partial charge is 0.480 e. The van der Waals surface area contributed by atoms with Crippen LogP contribution in [0.1, 0.15) is 41.2 Å². The van der Waals surface area contributed by atoms with E-state index in [4.69, 9.17) is 0 Å². The van der Waals surface area contributed by atoms with Crippen molar-refractivity contribution in [3.63, 3.8) is 0 Å². The van der Waals surface area contributed by atoms with Crippen LogP contribution in [0.5, 0.6) is 0 Å². The molecular formula is C16H23NO3. The SMILES string of the molecule is Cc1cc(C)c(C(O)CN2CCCC2C(=O)O)c(C)c1. The van der Waals surface area contributed by atoms with Crippen LogP contribution in [-0.4, -0.2) is 40.2 Å². The third kappa shape index (κ3) is 3.02. The molecule has 0 amide bonds. The van der Waals surface area contributed by atoms with Gasteiger partial charge in [0.2, 0.25) is 0 Å². The van der Waals surface area contributed by atoms with Crippen molar-refractivity contribution < 1.29 is 15.0 Å². The molecule has 0 saturated carbocycles. The highest BCUT2D eigenvalue weighted by Gasteiger charge is 2.32. The minimum absolute atomic E-state index is 0.391. The van der Waals surface area contributed by atoms with E-state index in [0.717, 1.165) is 29.7 Å². The lowest BCUT2D eigenvalue weighted by atomic mass is 9.95. The predicted octanol–water partition coefficient (Wildman–Crippen LogP) is 2.19. The lowest BCUT2D eigenvalue weighted by molar-refractivity contribution is -0.142. The summed E-state index contributed by atoms with van der Waals surface area (Å²) in [6.45, 7) is 7.17. The molecule has 4 nitrogen and oxygen atoms in total. The van der Waals surface area contributed by atoms with Gasteiger partial charge in [-0.1, -0.05) is 17.7 Å². The Kier molecular flexibility index (Phi) is 4.45. The Balaban J connectivity index is 2.16. The van der Waals surface area contributed by atoms with E-state index >= 15 is 0 Å². The standard InChI is InChI=1S/C16H23NO3/c1-10-7-11(2)15(12(3)8-10)14(18)9-17-6-4-5-13(17)16(19)20/h7-8,13-14,18H,4-6,9H2,1-3H3,(H,19,20). The molecular weight excluding hydrogens is 254 g/mol. The van der Waals surface area contributed by atoms with Gasteiger partial charge in [0.25, 0.3) is 0 Å². The number of carboxylic acids is 1. The van der Waals surface area contributed by atoms with Crippen molar-refractivity contribution in [1.29, 1.82) is 0 Å². The van der Waals surface area contributed by atoms with E-state index in [1.807, 2.05) is 25.7 Å². The van der Waals surface area contributed by atoms with Crippen LogP contribution in [-0.2, 0) is 4.79 Å². The summed E-state index contributed by atoms with van der Waals surface area (Å²) in [7, 11) is 0. The minimum atomic E-state index is -0.785. The zero-order chi connectivity index (χ0) is 14.9. The summed E-state index contributed by atoms with van der Waals surface area (Å²) in [5.74, 6) is -0.785. The average Bonchev–Trinajstić information content (AvgIpc) is 2.75. The Hall–Kier alpha value is -1.39. The van der Waals surface area contributed by atoms with Crippen LogP contribution in [0.25, 0.3) is 0 Å². The van der Waals surface area contributed by atoms with Crippen LogP contribution in [0.3, 0.4) is 0 Å². The molecule has 1 aromatic carbocycles. The summed E-state index contributed by atoms with van der Waals surface area (Å²) >= 11 is 0. The van der Waals surface area contributed by atoms with Crippen molar-refractivity contribution in [3.05, 3.63) is 34.4 Å². The van der Waals surface area contributed by atoms with Gasteiger partial charge in [-0.05, 0) is 56.8 Å². The average molecular weight is 277 g/mol. The first-order chi connectivity index (χ1) is 9.40. The van der Waals surface area contributed by atoms with Crippen LogP contribution in [0.4, 0.5) is 0 Å². The van der Waals surface area contributed by atoms with Gasteiger partial charge in [-0.2, -0.15) is 0 Å². The molecule has 20 heavy (non-hydrogen) atoms. The predicted molar refractivity (Wildman–Crippen MR) is 77.8 cm³/mol. The first-order valence-electron chi connectivity index (χ1n) is 7.13. The number of β-amino-alcohol motifs (C(OH)–C–C–N with tert-alkyl or cyclic N) is 1. The molecule has 2 rings (SSSR count). The molecule has 1 saturated heterocycles. The Labute approximate surface area is 120 Å². The number of likely N-dealkylation sites (tertiary alicyclic amines) is 1. The van der Waals surface area contributed by atoms with Crippen molar-refractivity contribution in [2.24, 2.45) is 0 Å². The van der Waals surface area contributed by atoms with E-state index in [0.29, 0.717) is 13.0 Å². The highest BCUT2D eigenvalue weighted by molar-refractivity contribution is 5.73. The van der Waals surface area contributed by atoms with E-state index in [1.165, 1.54) is 5.56 Å². The van der Waals surface area contributed by atoms with Crippen LogP contribution >= 0.6 is 0 Å². The normalized spacial score (nSPS) is 21.1. The number of nitrogens with zero attached hydrogens (tertiary/aromatic N) is 1. The first-order valence-corrected chi connectivity index (χ1v) is 7.13. The van der Waals surface area contributed by atoms with E-state index in [9.17, 15) is 15.0 Å². The fourth-order valence-corrected chi connectivity index (χ4v) is 3.35. The van der Waals surface area contributed by atoms with Crippen molar-refractivity contribution in [1.82, 2.24) is 4.90 Å². The third-order valence-electron chi connectivity index (χ3n) is 4.13. The Bertz CT molecular complexity index is 489. The Morgan fingerprint density at radius 1 is 1.35 bits per heavy atom. The smallest absolute Gasteiger partial charge is 0.320 e. The van der Waals surface area contributed by atoms with Crippen molar-refractivity contribution >= 4 is 5.97 Å². The summed E-state index contributed by atoms with van der Waals surface area (Å²) in [5, 5.41) is 19.7. The molecule has 0 bridgehead atoms. The topological polar surface area (TPSA) is 60.8 Å². The molecule has 0 aromatic heterocycles. The number of hydrogen-bond donors (Lipinski definition) is 2. The fraction of sp³-hybridized carbons (Fsp3) is 0.562. The highest BCUT2D eigenvalue weighted by Crippen LogP contribution is 2.27. The number of aryl methyl sites for hydroxylation is 3. The number of carbonyl (C=O) groups is 1. The van der Waals surface area contributed by atoms with Crippen LogP contribution in [0.2, 0.25) is 0 Å². The molecule has 0 aliphatic carbocycles. The lowest BCUT2D eigenvalue weighted by Crippen LogP contribution is -2.38. The van der Waals surface area contributed by atoms with Gasteiger partial charge in [0, 0.05) is 6.54 Å². The molecule has 110 valence electrons. The molecule has 0 radical (unpaired) electrons. The molecule has 1 aromatic rings. The van der Waals surface area contributed by atoms with Crippen LogP contribution < -0.4 is 0 Å². The van der Waals surface area contributed by atoms with Crippen LogP contribution in [0.15, 0.2) is 12.1 Å². The fourth-order valence-electron chi connectivity index (χ4n) is 3.35. The highest BCUT2D eigenvalue weighted by atomic mass is 16.4. The monoisotopic (exact) mass is 277 g/mol. The number of benzene rings is 1. The number of carboxylic acid groups (broad SMARTS) is 1. The van der Waals surface area contributed by atoms with Gasteiger partial charge in [-0.3, -0.25) is 9.69 Å². The minimum Gasteiger partial charge on any atom is -0.480 e. The second-order valence-electron chi connectivity index (χ2n) is 5.82. The van der Waals surface area contributed by atoms with Crippen molar-refractivity contribution in [2.75, 3.05) is 13.1 Å². The number of rotatable bonds is 4. The van der Waals surface area contributed by atoms with Gasteiger partial charge < -0.3 is 10.2 Å². The molecule has 1 aliphatic heterocycles. The van der Waals surface area contributed by atoms with Gasteiger partial charge in [0.1, 0.15) is 6.04 Å². The first kappa shape index (κ1) is 15.0. The molecule has 0 spiro atoms. The molecule has 1 aliphatic rings. The second kappa shape index (κ2) is 5.94. The van der Waals surface area contributed by atoms with Gasteiger partial charge in [-0.15, -0.1) is 0 Å². The van der Waals surface area contributed by atoms with Crippen molar-refractivity contribution in [3.8, 4) is 0 Å². The Morgan fingerprint density at radius 2 is 1.95 bits per heavy atom. The second-order valence-corrected chi connectivity index (χ2v) is 5.82. The number of aliphatic hydroxyl groups excluding tert-OH is 1.